The van der Waals surface area contributed by atoms with Crippen molar-refractivity contribution in [3.8, 4) is 6.07 Å². The Kier molecular flexibility index (Phi) is 8.17. The molecule has 0 saturated heterocycles. The van der Waals surface area contributed by atoms with Gasteiger partial charge in [0.25, 0.3) is 0 Å². The molecular weight excluding hydrogens is 228 g/mol. The van der Waals surface area contributed by atoms with Gasteiger partial charge in [0.15, 0.2) is 0 Å². The van der Waals surface area contributed by atoms with E-state index in [9.17, 15) is 5.11 Å². The molecule has 106 valence electrons. The fourth-order valence-electron chi connectivity index (χ4n) is 1.64. The molecule has 0 aliphatic carbocycles. The number of hydrogen-bond donors (Lipinski definition) is 2. The van der Waals surface area contributed by atoms with Gasteiger partial charge < -0.3 is 15.2 Å². The van der Waals surface area contributed by atoms with E-state index in [1.165, 1.54) is 0 Å². The molecule has 4 nitrogen and oxygen atoms in total. The highest BCUT2D eigenvalue weighted by Crippen LogP contribution is 2.21. The first-order valence-corrected chi connectivity index (χ1v) is 6.66. The summed E-state index contributed by atoms with van der Waals surface area (Å²) in [6.07, 6.45) is 3.63. The molecule has 0 aliphatic rings. The summed E-state index contributed by atoms with van der Waals surface area (Å²) in [5, 5.41) is 22.1. The summed E-state index contributed by atoms with van der Waals surface area (Å²) in [4.78, 5) is 0. The van der Waals surface area contributed by atoms with Crippen molar-refractivity contribution in [1.29, 1.82) is 5.26 Å². The fourth-order valence-corrected chi connectivity index (χ4v) is 1.64. The standard InChI is InChI=1S/C14H28N2O2/c1-13(2,11-15)7-5-6-9-16-12-14(3,17)8-10-18-4/h16-17H,5-10,12H2,1-4H3. The van der Waals surface area contributed by atoms with Crippen LogP contribution in [0.15, 0.2) is 0 Å². The lowest BCUT2D eigenvalue weighted by molar-refractivity contribution is 0.0250. The molecule has 0 rings (SSSR count). The van der Waals surface area contributed by atoms with Gasteiger partial charge in [0.2, 0.25) is 0 Å². The number of ether oxygens (including phenoxy) is 1. The number of methoxy groups -OCH3 is 1. The van der Waals surface area contributed by atoms with Crippen LogP contribution < -0.4 is 5.32 Å². The van der Waals surface area contributed by atoms with Gasteiger partial charge in [-0.05, 0) is 40.2 Å². The Bertz CT molecular complexity index is 257. The van der Waals surface area contributed by atoms with E-state index in [0.717, 1.165) is 25.8 Å². The maximum Gasteiger partial charge on any atom is 0.0765 e. The van der Waals surface area contributed by atoms with E-state index in [-0.39, 0.29) is 5.41 Å². The molecule has 4 heteroatoms. The van der Waals surface area contributed by atoms with Gasteiger partial charge in [0, 0.05) is 26.7 Å². The van der Waals surface area contributed by atoms with Crippen LogP contribution in [0.2, 0.25) is 0 Å². The van der Waals surface area contributed by atoms with Crippen LogP contribution in [-0.2, 0) is 4.74 Å². The third-order valence-electron chi connectivity index (χ3n) is 3.06. The van der Waals surface area contributed by atoms with Crippen molar-refractivity contribution in [2.24, 2.45) is 5.41 Å². The number of nitrogens with one attached hydrogen (secondary N) is 1. The van der Waals surface area contributed by atoms with E-state index in [4.69, 9.17) is 10.00 Å². The normalized spacial score (nSPS) is 15.1. The Morgan fingerprint density at radius 1 is 1.22 bits per heavy atom. The molecule has 0 fully saturated rings. The summed E-state index contributed by atoms with van der Waals surface area (Å²) in [6.45, 7) is 7.79. The molecular formula is C14H28N2O2. The lowest BCUT2D eigenvalue weighted by Gasteiger charge is -2.23. The summed E-state index contributed by atoms with van der Waals surface area (Å²) in [5.41, 5.74) is -0.925. The molecule has 2 N–H and O–H groups in total. The summed E-state index contributed by atoms with van der Waals surface area (Å²) < 4.78 is 4.95. The molecule has 1 unspecified atom stereocenters. The lowest BCUT2D eigenvalue weighted by atomic mass is 9.89. The maximum atomic E-state index is 9.98. The van der Waals surface area contributed by atoms with E-state index < -0.39 is 5.60 Å². The molecule has 0 heterocycles. The van der Waals surface area contributed by atoms with Crippen molar-refractivity contribution in [2.45, 2.75) is 52.1 Å². The van der Waals surface area contributed by atoms with E-state index in [1.807, 2.05) is 20.8 Å². The van der Waals surface area contributed by atoms with Gasteiger partial charge in [-0.25, -0.2) is 0 Å². The predicted octanol–water partition coefficient (Wildman–Crippen LogP) is 2.08. The first kappa shape index (κ1) is 17.4. The Labute approximate surface area is 111 Å². The van der Waals surface area contributed by atoms with Crippen LogP contribution in [-0.4, -0.2) is 37.5 Å². The highest BCUT2D eigenvalue weighted by Gasteiger charge is 2.19. The van der Waals surface area contributed by atoms with Gasteiger partial charge in [-0.3, -0.25) is 0 Å². The zero-order chi connectivity index (χ0) is 14.1. The van der Waals surface area contributed by atoms with Crippen LogP contribution >= 0.6 is 0 Å². The summed E-state index contributed by atoms with van der Waals surface area (Å²) in [5.74, 6) is 0. The summed E-state index contributed by atoms with van der Waals surface area (Å²) in [7, 11) is 1.64. The fraction of sp³-hybridized carbons (Fsp3) is 0.929. The van der Waals surface area contributed by atoms with Crippen LogP contribution in [0.4, 0.5) is 0 Å². The van der Waals surface area contributed by atoms with E-state index in [0.29, 0.717) is 19.6 Å². The van der Waals surface area contributed by atoms with E-state index in [2.05, 4.69) is 11.4 Å². The number of aliphatic hydroxyl groups is 1. The maximum absolute atomic E-state index is 9.98. The van der Waals surface area contributed by atoms with Gasteiger partial charge in [-0.15, -0.1) is 0 Å². The van der Waals surface area contributed by atoms with Crippen molar-refractivity contribution in [1.82, 2.24) is 5.32 Å². The SMILES string of the molecule is COCCC(C)(O)CNCCCCC(C)(C)C#N. The molecule has 0 aromatic rings. The molecule has 0 amide bonds. The van der Waals surface area contributed by atoms with Gasteiger partial charge in [-0.2, -0.15) is 5.26 Å². The molecule has 1 atom stereocenters. The second-order valence-corrected chi connectivity index (χ2v) is 5.87. The van der Waals surface area contributed by atoms with Gasteiger partial charge >= 0.3 is 0 Å². The third-order valence-corrected chi connectivity index (χ3v) is 3.06. The quantitative estimate of drug-likeness (QED) is 0.587. The topological polar surface area (TPSA) is 65.3 Å². The van der Waals surface area contributed by atoms with E-state index in [1.54, 1.807) is 7.11 Å². The summed E-state index contributed by atoms with van der Waals surface area (Å²) in [6, 6.07) is 2.31. The zero-order valence-electron chi connectivity index (χ0n) is 12.3. The average molecular weight is 256 g/mol. The average Bonchev–Trinajstić information content (AvgIpc) is 2.31. The monoisotopic (exact) mass is 256 g/mol. The summed E-state index contributed by atoms with van der Waals surface area (Å²) >= 11 is 0. The smallest absolute Gasteiger partial charge is 0.0765 e. The number of nitriles is 1. The first-order chi connectivity index (χ1) is 8.33. The molecule has 0 spiro atoms. The third kappa shape index (κ3) is 9.41. The highest BCUT2D eigenvalue weighted by molar-refractivity contribution is 4.91. The van der Waals surface area contributed by atoms with Crippen LogP contribution in [0.1, 0.15) is 46.5 Å². The Morgan fingerprint density at radius 3 is 2.44 bits per heavy atom. The molecule has 0 aromatic heterocycles. The zero-order valence-corrected chi connectivity index (χ0v) is 12.3. The van der Waals surface area contributed by atoms with Crippen molar-refractivity contribution in [3.63, 3.8) is 0 Å². The van der Waals surface area contributed by atoms with Crippen molar-refractivity contribution in [2.75, 3.05) is 26.8 Å². The minimum atomic E-state index is -0.706. The van der Waals surface area contributed by atoms with Crippen LogP contribution in [0.3, 0.4) is 0 Å². The van der Waals surface area contributed by atoms with Gasteiger partial charge in [0.1, 0.15) is 0 Å². The van der Waals surface area contributed by atoms with E-state index >= 15 is 0 Å². The number of unbranched alkanes of at least 4 members (excludes halogenated alkanes) is 1. The molecule has 0 bridgehead atoms. The minimum absolute atomic E-state index is 0.218. The Hall–Kier alpha value is -0.630. The highest BCUT2D eigenvalue weighted by atomic mass is 16.5. The molecule has 0 radical (unpaired) electrons. The minimum Gasteiger partial charge on any atom is -0.389 e. The van der Waals surface area contributed by atoms with Crippen molar-refractivity contribution < 1.29 is 9.84 Å². The number of hydrogen-bond acceptors (Lipinski definition) is 4. The Balaban J connectivity index is 3.54. The number of nitrogens with zero attached hydrogens (tertiary/aromatic N) is 1. The molecule has 0 aliphatic heterocycles. The van der Waals surface area contributed by atoms with Crippen LogP contribution in [0.5, 0.6) is 0 Å². The second-order valence-electron chi connectivity index (χ2n) is 5.87. The molecule has 0 saturated carbocycles. The lowest BCUT2D eigenvalue weighted by Crippen LogP contribution is -2.39. The largest absolute Gasteiger partial charge is 0.389 e. The first-order valence-electron chi connectivity index (χ1n) is 6.66. The van der Waals surface area contributed by atoms with Crippen molar-refractivity contribution >= 4 is 0 Å². The van der Waals surface area contributed by atoms with Gasteiger partial charge in [-0.1, -0.05) is 6.42 Å². The molecule has 18 heavy (non-hydrogen) atoms. The van der Waals surface area contributed by atoms with Gasteiger partial charge in [0.05, 0.1) is 17.1 Å². The van der Waals surface area contributed by atoms with Crippen LogP contribution in [0.25, 0.3) is 0 Å². The predicted molar refractivity (Wildman–Crippen MR) is 73.2 cm³/mol. The second kappa shape index (κ2) is 8.47. The van der Waals surface area contributed by atoms with Crippen LogP contribution in [0, 0.1) is 16.7 Å². The Morgan fingerprint density at radius 2 is 1.89 bits per heavy atom. The molecule has 0 aromatic carbocycles. The van der Waals surface area contributed by atoms with Crippen molar-refractivity contribution in [3.05, 3.63) is 0 Å². The number of rotatable bonds is 10.